The molecule has 1 fully saturated rings. The number of amides is 1. The van der Waals surface area contributed by atoms with Crippen molar-refractivity contribution < 1.29 is 14.6 Å². The number of ether oxygens (including phenoxy) is 1. The van der Waals surface area contributed by atoms with Crippen molar-refractivity contribution in [1.82, 2.24) is 24.8 Å². The molecule has 0 aliphatic carbocycles. The number of rotatable bonds is 11. The fourth-order valence-corrected chi connectivity index (χ4v) is 3.77. The lowest BCUT2D eigenvalue weighted by Gasteiger charge is -2.34. The summed E-state index contributed by atoms with van der Waals surface area (Å²) in [6.45, 7) is 11.2. The van der Waals surface area contributed by atoms with Gasteiger partial charge < -0.3 is 25.4 Å². The SMILES string of the molecule is CC.CCc1nc(Nc2cc(C(=O)Nc3ccccc3)ccn2)nc(N2CCN(CCOCCO)CC2)n1. The van der Waals surface area contributed by atoms with Crippen molar-refractivity contribution in [2.24, 2.45) is 0 Å². The van der Waals surface area contributed by atoms with Crippen LogP contribution in [0.25, 0.3) is 0 Å². The number of piperazine rings is 1. The quantitative estimate of drug-likeness (QED) is 0.323. The molecule has 0 radical (unpaired) electrons. The maximum Gasteiger partial charge on any atom is 0.255 e. The third-order valence-corrected chi connectivity index (χ3v) is 5.72. The maximum absolute atomic E-state index is 12.7. The Balaban J connectivity index is 0.00000195. The molecule has 0 unspecified atom stereocenters. The lowest BCUT2D eigenvalue weighted by atomic mass is 10.2. The zero-order valence-corrected chi connectivity index (χ0v) is 22.4. The number of aromatic nitrogens is 4. The summed E-state index contributed by atoms with van der Waals surface area (Å²) in [7, 11) is 0. The molecular weight excluding hydrogens is 484 g/mol. The first kappa shape index (κ1) is 28.9. The van der Waals surface area contributed by atoms with E-state index in [9.17, 15) is 4.79 Å². The number of carbonyl (C=O) groups excluding carboxylic acids is 1. The second-order valence-corrected chi connectivity index (χ2v) is 8.27. The van der Waals surface area contributed by atoms with E-state index in [1.54, 1.807) is 18.3 Å². The Bertz CT molecular complexity index is 1120. The van der Waals surface area contributed by atoms with Crippen LogP contribution in [-0.4, -0.2) is 88.4 Å². The van der Waals surface area contributed by atoms with Crippen LogP contribution in [0.3, 0.4) is 0 Å². The van der Waals surface area contributed by atoms with Crippen molar-refractivity contribution in [3.05, 3.63) is 60.0 Å². The molecule has 11 heteroatoms. The van der Waals surface area contributed by atoms with Crippen LogP contribution in [0, 0.1) is 0 Å². The second kappa shape index (κ2) is 15.6. The van der Waals surface area contributed by atoms with E-state index in [1.807, 2.05) is 51.1 Å². The molecule has 0 bridgehead atoms. The fraction of sp³-hybridized carbons (Fsp3) is 0.444. The highest BCUT2D eigenvalue weighted by Gasteiger charge is 2.20. The number of aliphatic hydroxyl groups excluding tert-OH is 1. The van der Waals surface area contributed by atoms with Gasteiger partial charge in [0.15, 0.2) is 0 Å². The van der Waals surface area contributed by atoms with E-state index in [0.717, 1.165) is 38.4 Å². The third-order valence-electron chi connectivity index (χ3n) is 5.72. The molecule has 1 aliphatic heterocycles. The second-order valence-electron chi connectivity index (χ2n) is 8.27. The number of aryl methyl sites for hydroxylation is 1. The summed E-state index contributed by atoms with van der Waals surface area (Å²) in [5.74, 6) is 1.95. The van der Waals surface area contributed by atoms with Crippen LogP contribution in [-0.2, 0) is 11.2 Å². The van der Waals surface area contributed by atoms with Crippen LogP contribution < -0.4 is 15.5 Å². The van der Waals surface area contributed by atoms with Gasteiger partial charge in [-0.2, -0.15) is 15.0 Å². The molecule has 3 N–H and O–H groups in total. The van der Waals surface area contributed by atoms with Gasteiger partial charge in [-0.05, 0) is 24.3 Å². The molecule has 1 aromatic carbocycles. The van der Waals surface area contributed by atoms with Gasteiger partial charge in [0.25, 0.3) is 5.91 Å². The van der Waals surface area contributed by atoms with Crippen molar-refractivity contribution in [2.75, 3.05) is 68.1 Å². The summed E-state index contributed by atoms with van der Waals surface area (Å²) in [4.78, 5) is 35.2. The Morgan fingerprint density at radius 1 is 1.03 bits per heavy atom. The molecule has 1 amide bonds. The van der Waals surface area contributed by atoms with Crippen LogP contribution >= 0.6 is 0 Å². The molecule has 3 heterocycles. The zero-order chi connectivity index (χ0) is 27.2. The van der Waals surface area contributed by atoms with E-state index in [1.165, 1.54) is 0 Å². The van der Waals surface area contributed by atoms with Crippen LogP contribution in [0.2, 0.25) is 0 Å². The molecule has 0 atom stereocenters. The predicted molar refractivity (Wildman–Crippen MR) is 149 cm³/mol. The summed E-state index contributed by atoms with van der Waals surface area (Å²) < 4.78 is 5.37. The molecule has 1 aliphatic rings. The van der Waals surface area contributed by atoms with Gasteiger partial charge in [0.05, 0.1) is 19.8 Å². The molecular formula is C27H38N8O3. The first-order valence-corrected chi connectivity index (χ1v) is 13.1. The highest BCUT2D eigenvalue weighted by atomic mass is 16.5. The first-order valence-electron chi connectivity index (χ1n) is 13.1. The zero-order valence-electron chi connectivity index (χ0n) is 22.4. The minimum absolute atomic E-state index is 0.0456. The highest BCUT2D eigenvalue weighted by Crippen LogP contribution is 2.18. The maximum atomic E-state index is 12.7. The van der Waals surface area contributed by atoms with Gasteiger partial charge in [-0.3, -0.25) is 9.69 Å². The van der Waals surface area contributed by atoms with E-state index >= 15 is 0 Å². The van der Waals surface area contributed by atoms with Gasteiger partial charge >= 0.3 is 0 Å². The monoisotopic (exact) mass is 522 g/mol. The topological polar surface area (TPSA) is 129 Å². The van der Waals surface area contributed by atoms with Gasteiger partial charge in [0.1, 0.15) is 11.6 Å². The van der Waals surface area contributed by atoms with Crippen molar-refractivity contribution in [1.29, 1.82) is 0 Å². The van der Waals surface area contributed by atoms with Crippen molar-refractivity contribution in [2.45, 2.75) is 27.2 Å². The van der Waals surface area contributed by atoms with Crippen LogP contribution in [0.15, 0.2) is 48.7 Å². The van der Waals surface area contributed by atoms with Gasteiger partial charge in [-0.1, -0.05) is 39.0 Å². The van der Waals surface area contributed by atoms with E-state index in [-0.39, 0.29) is 12.5 Å². The minimum Gasteiger partial charge on any atom is -0.394 e. The van der Waals surface area contributed by atoms with E-state index in [2.05, 4.69) is 40.4 Å². The number of hydrogen-bond acceptors (Lipinski definition) is 10. The van der Waals surface area contributed by atoms with Gasteiger partial charge in [-0.15, -0.1) is 0 Å². The summed E-state index contributed by atoms with van der Waals surface area (Å²) in [6, 6.07) is 12.6. The summed E-state index contributed by atoms with van der Waals surface area (Å²) >= 11 is 0. The van der Waals surface area contributed by atoms with Crippen molar-refractivity contribution in [3.63, 3.8) is 0 Å². The normalized spacial score (nSPS) is 13.4. The standard InChI is InChI=1S/C25H32N8O3.C2H6/c1-2-21-28-24(31-25(30-21)33-12-10-32(11-13-33)14-16-36-17-15-34)29-22-18-19(8-9-26-22)23(35)27-20-6-4-3-5-7-20;1-2/h3-9,18,34H,2,10-17H2,1H3,(H,27,35)(H,26,28,29,30,31);1-2H3. The Labute approximate surface area is 224 Å². The number of pyridine rings is 1. The molecule has 11 nitrogen and oxygen atoms in total. The summed E-state index contributed by atoms with van der Waals surface area (Å²) in [5, 5.41) is 14.8. The average Bonchev–Trinajstić information content (AvgIpc) is 2.97. The van der Waals surface area contributed by atoms with E-state index in [4.69, 9.17) is 9.84 Å². The minimum atomic E-state index is -0.225. The summed E-state index contributed by atoms with van der Waals surface area (Å²) in [5.41, 5.74) is 1.20. The highest BCUT2D eigenvalue weighted by molar-refractivity contribution is 6.04. The number of aliphatic hydroxyl groups is 1. The van der Waals surface area contributed by atoms with Crippen molar-refractivity contribution in [3.8, 4) is 0 Å². The number of carbonyl (C=O) groups is 1. The smallest absolute Gasteiger partial charge is 0.255 e. The van der Waals surface area contributed by atoms with Crippen LogP contribution in [0.1, 0.15) is 37.0 Å². The average molecular weight is 523 g/mol. The number of nitrogens with zero attached hydrogens (tertiary/aromatic N) is 6. The Hall–Kier alpha value is -3.67. The van der Waals surface area contributed by atoms with Gasteiger partial charge in [0, 0.05) is 56.6 Å². The number of anilines is 4. The molecule has 0 saturated carbocycles. The molecule has 1 saturated heterocycles. The number of hydrogen-bond donors (Lipinski definition) is 3. The molecule has 204 valence electrons. The van der Waals surface area contributed by atoms with Gasteiger partial charge in [0.2, 0.25) is 11.9 Å². The molecule has 38 heavy (non-hydrogen) atoms. The number of para-hydroxylation sites is 1. The predicted octanol–water partition coefficient (Wildman–Crippen LogP) is 2.98. The number of nitrogens with one attached hydrogen (secondary N) is 2. The lowest BCUT2D eigenvalue weighted by Crippen LogP contribution is -2.48. The Morgan fingerprint density at radius 2 is 1.79 bits per heavy atom. The Kier molecular flexibility index (Phi) is 11.8. The Morgan fingerprint density at radius 3 is 2.50 bits per heavy atom. The molecule has 2 aromatic heterocycles. The van der Waals surface area contributed by atoms with Gasteiger partial charge in [-0.25, -0.2) is 4.98 Å². The summed E-state index contributed by atoms with van der Waals surface area (Å²) in [6.07, 6.45) is 2.24. The van der Waals surface area contributed by atoms with E-state index < -0.39 is 0 Å². The van der Waals surface area contributed by atoms with Crippen LogP contribution in [0.5, 0.6) is 0 Å². The lowest BCUT2D eigenvalue weighted by molar-refractivity contribution is 0.0724. The fourth-order valence-electron chi connectivity index (χ4n) is 3.77. The molecule has 0 spiro atoms. The molecule has 3 aromatic rings. The van der Waals surface area contributed by atoms with Crippen LogP contribution in [0.4, 0.5) is 23.4 Å². The first-order chi connectivity index (χ1) is 18.6. The number of benzene rings is 1. The third kappa shape index (κ3) is 8.72. The van der Waals surface area contributed by atoms with E-state index in [0.29, 0.717) is 48.7 Å². The largest absolute Gasteiger partial charge is 0.394 e. The molecule has 4 rings (SSSR count). The van der Waals surface area contributed by atoms with Crippen molar-refractivity contribution >= 4 is 29.3 Å².